The number of thiazole rings is 1. The number of amides is 1. The van der Waals surface area contributed by atoms with Crippen LogP contribution in [0.15, 0.2) is 36.5 Å². The van der Waals surface area contributed by atoms with Crippen LogP contribution in [-0.4, -0.2) is 10.9 Å². The Bertz CT molecular complexity index is 667. The highest BCUT2D eigenvalue weighted by atomic mass is 32.1. The molecule has 0 unspecified atom stereocenters. The Morgan fingerprint density at radius 2 is 2.26 bits per heavy atom. The summed E-state index contributed by atoms with van der Waals surface area (Å²) in [6.45, 7) is 1.92. The Morgan fingerprint density at radius 3 is 2.95 bits per heavy atom. The molecular weight excluding hydrogens is 258 g/mol. The number of nitriles is 1. The Kier molecular flexibility index (Phi) is 4.06. The molecular formula is C14H11N3OS. The van der Waals surface area contributed by atoms with Crippen molar-refractivity contribution < 1.29 is 4.79 Å². The van der Waals surface area contributed by atoms with Gasteiger partial charge in [-0.3, -0.25) is 10.1 Å². The van der Waals surface area contributed by atoms with E-state index in [1.165, 1.54) is 17.4 Å². The number of nitrogens with one attached hydrogen (secondary N) is 1. The van der Waals surface area contributed by atoms with Gasteiger partial charge in [0, 0.05) is 17.2 Å². The third kappa shape index (κ3) is 3.50. The summed E-state index contributed by atoms with van der Waals surface area (Å²) >= 11 is 1.42. The first-order chi connectivity index (χ1) is 9.19. The number of nitrogens with zero attached hydrogens (tertiary/aromatic N) is 2. The summed E-state index contributed by atoms with van der Waals surface area (Å²) in [4.78, 5) is 16.8. The van der Waals surface area contributed by atoms with Crippen LogP contribution in [0.4, 0.5) is 5.13 Å². The summed E-state index contributed by atoms with van der Waals surface area (Å²) in [6, 6.07) is 9.18. The number of carbonyl (C=O) groups is 1. The van der Waals surface area contributed by atoms with Gasteiger partial charge < -0.3 is 0 Å². The van der Waals surface area contributed by atoms with Crippen molar-refractivity contribution >= 4 is 28.5 Å². The second-order valence-corrected chi connectivity index (χ2v) is 5.03. The average Bonchev–Trinajstić information content (AvgIpc) is 2.82. The topological polar surface area (TPSA) is 65.8 Å². The third-order valence-electron chi connectivity index (χ3n) is 2.35. The molecule has 4 nitrogen and oxygen atoms in total. The van der Waals surface area contributed by atoms with Crippen molar-refractivity contribution in [1.82, 2.24) is 4.98 Å². The van der Waals surface area contributed by atoms with Crippen molar-refractivity contribution in [3.8, 4) is 6.07 Å². The molecule has 0 saturated heterocycles. The van der Waals surface area contributed by atoms with Crippen molar-refractivity contribution in [3.05, 3.63) is 52.5 Å². The van der Waals surface area contributed by atoms with Crippen LogP contribution in [0.2, 0.25) is 0 Å². The van der Waals surface area contributed by atoms with E-state index in [9.17, 15) is 4.79 Å². The van der Waals surface area contributed by atoms with E-state index >= 15 is 0 Å². The van der Waals surface area contributed by atoms with Crippen LogP contribution in [0, 0.1) is 18.3 Å². The first-order valence-corrected chi connectivity index (χ1v) is 6.41. The van der Waals surface area contributed by atoms with Crippen molar-refractivity contribution in [2.75, 3.05) is 5.32 Å². The molecule has 19 heavy (non-hydrogen) atoms. The Hall–Kier alpha value is -2.45. The van der Waals surface area contributed by atoms with E-state index < -0.39 is 0 Å². The second-order valence-electron chi connectivity index (χ2n) is 3.80. The molecule has 0 fully saturated rings. The summed E-state index contributed by atoms with van der Waals surface area (Å²) in [7, 11) is 0. The Morgan fingerprint density at radius 1 is 1.47 bits per heavy atom. The molecule has 1 aromatic heterocycles. The first kappa shape index (κ1) is 13.0. The van der Waals surface area contributed by atoms with Crippen molar-refractivity contribution in [1.29, 1.82) is 5.26 Å². The van der Waals surface area contributed by atoms with Gasteiger partial charge in [-0.25, -0.2) is 4.98 Å². The molecule has 0 bridgehead atoms. The minimum Gasteiger partial charge on any atom is -0.298 e. The number of aromatic nitrogens is 1. The molecule has 5 heteroatoms. The van der Waals surface area contributed by atoms with E-state index in [-0.39, 0.29) is 5.91 Å². The van der Waals surface area contributed by atoms with Gasteiger partial charge in [0.2, 0.25) is 5.91 Å². The lowest BCUT2D eigenvalue weighted by atomic mass is 10.1. The number of benzene rings is 1. The van der Waals surface area contributed by atoms with Crippen LogP contribution in [0.25, 0.3) is 6.08 Å². The largest absolute Gasteiger partial charge is 0.298 e. The number of aryl methyl sites for hydroxylation is 1. The fourth-order valence-electron chi connectivity index (χ4n) is 1.47. The van der Waals surface area contributed by atoms with Crippen LogP contribution in [0.1, 0.15) is 16.0 Å². The SMILES string of the molecule is Cc1cnc(NC(=O)C=Cc2ccccc2C#N)s1. The number of rotatable bonds is 3. The highest BCUT2D eigenvalue weighted by Gasteiger charge is 2.02. The number of hydrogen-bond donors (Lipinski definition) is 1. The zero-order chi connectivity index (χ0) is 13.7. The van der Waals surface area contributed by atoms with Crippen LogP contribution in [0.5, 0.6) is 0 Å². The van der Waals surface area contributed by atoms with Crippen LogP contribution < -0.4 is 5.32 Å². The standard InChI is InChI=1S/C14H11N3OS/c1-10-9-16-14(19-10)17-13(18)7-6-11-4-2-3-5-12(11)8-15/h2-7,9H,1H3,(H,16,17,18). The van der Waals surface area contributed by atoms with Crippen molar-refractivity contribution in [2.45, 2.75) is 6.92 Å². The monoisotopic (exact) mass is 269 g/mol. The predicted molar refractivity (Wildman–Crippen MR) is 75.7 cm³/mol. The lowest BCUT2D eigenvalue weighted by molar-refractivity contribution is -0.111. The molecule has 0 saturated carbocycles. The average molecular weight is 269 g/mol. The summed E-state index contributed by atoms with van der Waals surface area (Å²) < 4.78 is 0. The summed E-state index contributed by atoms with van der Waals surface area (Å²) in [5.41, 5.74) is 1.26. The van der Waals surface area contributed by atoms with E-state index in [1.807, 2.05) is 13.0 Å². The third-order valence-corrected chi connectivity index (χ3v) is 3.18. The van der Waals surface area contributed by atoms with E-state index in [4.69, 9.17) is 5.26 Å². The van der Waals surface area contributed by atoms with Crippen molar-refractivity contribution in [2.24, 2.45) is 0 Å². The number of carbonyl (C=O) groups excluding carboxylic acids is 1. The van der Waals surface area contributed by atoms with Gasteiger partial charge in [0.15, 0.2) is 5.13 Å². The number of hydrogen-bond acceptors (Lipinski definition) is 4. The van der Waals surface area contributed by atoms with Crippen molar-refractivity contribution in [3.63, 3.8) is 0 Å². The Labute approximate surface area is 115 Å². The van der Waals surface area contributed by atoms with Gasteiger partial charge in [0.05, 0.1) is 11.6 Å². The summed E-state index contributed by atoms with van der Waals surface area (Å²) in [5, 5.41) is 12.2. The van der Waals surface area contributed by atoms with Gasteiger partial charge in [-0.2, -0.15) is 5.26 Å². The van der Waals surface area contributed by atoms with E-state index in [0.29, 0.717) is 10.7 Å². The van der Waals surface area contributed by atoms with Gasteiger partial charge in [0.1, 0.15) is 0 Å². The maximum atomic E-state index is 11.7. The minimum atomic E-state index is -0.262. The highest BCUT2D eigenvalue weighted by Crippen LogP contribution is 2.16. The fourth-order valence-corrected chi connectivity index (χ4v) is 2.14. The molecule has 2 aromatic rings. The first-order valence-electron chi connectivity index (χ1n) is 5.59. The van der Waals surface area contributed by atoms with E-state index in [1.54, 1.807) is 30.5 Å². The van der Waals surface area contributed by atoms with Gasteiger partial charge >= 0.3 is 0 Å². The molecule has 0 aliphatic carbocycles. The zero-order valence-electron chi connectivity index (χ0n) is 10.3. The molecule has 0 atom stereocenters. The molecule has 0 aliphatic rings. The molecule has 1 amide bonds. The maximum Gasteiger partial charge on any atom is 0.250 e. The molecule has 1 aromatic carbocycles. The molecule has 0 radical (unpaired) electrons. The lowest BCUT2D eigenvalue weighted by Gasteiger charge is -1.97. The molecule has 0 spiro atoms. The molecule has 94 valence electrons. The van der Waals surface area contributed by atoms with Gasteiger partial charge in [0.25, 0.3) is 0 Å². The second kappa shape index (κ2) is 5.94. The maximum absolute atomic E-state index is 11.7. The van der Waals surface area contributed by atoms with E-state index in [2.05, 4.69) is 16.4 Å². The molecule has 1 heterocycles. The van der Waals surface area contributed by atoms with Crippen LogP contribution in [0.3, 0.4) is 0 Å². The quantitative estimate of drug-likeness (QED) is 0.871. The summed E-state index contributed by atoms with van der Waals surface area (Å²) in [5.74, 6) is -0.262. The zero-order valence-corrected chi connectivity index (χ0v) is 11.1. The van der Waals surface area contributed by atoms with Gasteiger partial charge in [-0.15, -0.1) is 11.3 Å². The lowest BCUT2D eigenvalue weighted by Crippen LogP contribution is -2.07. The molecule has 0 aliphatic heterocycles. The fraction of sp³-hybridized carbons (Fsp3) is 0.0714. The van der Waals surface area contributed by atoms with Gasteiger partial charge in [-0.1, -0.05) is 18.2 Å². The summed E-state index contributed by atoms with van der Waals surface area (Å²) in [6.07, 6.45) is 4.72. The molecule has 1 N–H and O–H groups in total. The van der Waals surface area contributed by atoms with Crippen LogP contribution >= 0.6 is 11.3 Å². The molecule has 2 rings (SSSR count). The predicted octanol–water partition coefficient (Wildman–Crippen LogP) is 2.98. The van der Waals surface area contributed by atoms with E-state index in [0.717, 1.165) is 10.4 Å². The van der Waals surface area contributed by atoms with Gasteiger partial charge in [-0.05, 0) is 24.6 Å². The van der Waals surface area contributed by atoms with Crippen LogP contribution in [-0.2, 0) is 4.79 Å². The highest BCUT2D eigenvalue weighted by molar-refractivity contribution is 7.15. The minimum absolute atomic E-state index is 0.262. The normalized spacial score (nSPS) is 10.3. The number of anilines is 1. The Balaban J connectivity index is 2.06. The smallest absolute Gasteiger partial charge is 0.250 e.